The Morgan fingerprint density at radius 1 is 1.14 bits per heavy atom. The molecule has 0 atom stereocenters. The quantitative estimate of drug-likeness (QED) is 0.682. The SMILES string of the molecule is Nc1noc(-c2cc(Cl)cc(Br)c2)c1-c1cccc(F)c1. The highest BCUT2D eigenvalue weighted by Gasteiger charge is 2.18. The van der Waals surface area contributed by atoms with E-state index in [1.165, 1.54) is 12.1 Å². The van der Waals surface area contributed by atoms with E-state index >= 15 is 0 Å². The number of nitrogens with two attached hydrogens (primary N) is 1. The van der Waals surface area contributed by atoms with E-state index in [2.05, 4.69) is 21.1 Å². The summed E-state index contributed by atoms with van der Waals surface area (Å²) in [6.45, 7) is 0. The smallest absolute Gasteiger partial charge is 0.177 e. The molecule has 0 saturated heterocycles. The number of nitrogens with zero attached hydrogens (tertiary/aromatic N) is 1. The van der Waals surface area contributed by atoms with Crippen LogP contribution in [0.2, 0.25) is 5.02 Å². The normalized spacial score (nSPS) is 10.8. The second kappa shape index (κ2) is 5.50. The monoisotopic (exact) mass is 366 g/mol. The van der Waals surface area contributed by atoms with Gasteiger partial charge in [-0.1, -0.05) is 44.8 Å². The lowest BCUT2D eigenvalue weighted by atomic mass is 10.0. The maximum Gasteiger partial charge on any atom is 0.177 e. The maximum atomic E-state index is 13.4. The van der Waals surface area contributed by atoms with Gasteiger partial charge in [0.1, 0.15) is 5.82 Å². The predicted molar refractivity (Wildman–Crippen MR) is 84.5 cm³/mol. The summed E-state index contributed by atoms with van der Waals surface area (Å²) in [5, 5.41) is 4.32. The minimum Gasteiger partial charge on any atom is -0.380 e. The van der Waals surface area contributed by atoms with Gasteiger partial charge in [-0.3, -0.25) is 0 Å². The molecule has 0 aliphatic rings. The van der Waals surface area contributed by atoms with Gasteiger partial charge in [-0.05, 0) is 35.9 Å². The van der Waals surface area contributed by atoms with E-state index in [0.717, 1.165) is 4.47 Å². The van der Waals surface area contributed by atoms with E-state index in [9.17, 15) is 4.39 Å². The van der Waals surface area contributed by atoms with E-state index in [4.69, 9.17) is 21.9 Å². The van der Waals surface area contributed by atoms with Gasteiger partial charge < -0.3 is 10.3 Å². The van der Waals surface area contributed by atoms with Crippen molar-refractivity contribution in [3.63, 3.8) is 0 Å². The number of rotatable bonds is 2. The van der Waals surface area contributed by atoms with Crippen molar-refractivity contribution in [3.8, 4) is 22.5 Å². The molecule has 6 heteroatoms. The van der Waals surface area contributed by atoms with Crippen molar-refractivity contribution in [1.82, 2.24) is 5.16 Å². The van der Waals surface area contributed by atoms with Gasteiger partial charge in [-0.25, -0.2) is 4.39 Å². The second-order valence-corrected chi connectivity index (χ2v) is 5.79. The Morgan fingerprint density at radius 3 is 2.67 bits per heavy atom. The highest BCUT2D eigenvalue weighted by molar-refractivity contribution is 9.10. The standard InChI is InChI=1S/C15H9BrClFN2O/c16-10-4-9(5-11(17)7-10)14-13(15(19)20-21-14)8-2-1-3-12(18)6-8/h1-7H,(H2,19,20). The molecule has 2 aromatic carbocycles. The van der Waals surface area contributed by atoms with Gasteiger partial charge in [-0.15, -0.1) is 0 Å². The summed E-state index contributed by atoms with van der Waals surface area (Å²) in [4.78, 5) is 0. The van der Waals surface area contributed by atoms with Crippen LogP contribution in [0.25, 0.3) is 22.5 Å². The first-order chi connectivity index (χ1) is 10.0. The number of benzene rings is 2. The average Bonchev–Trinajstić information content (AvgIpc) is 2.79. The Kier molecular flexibility index (Phi) is 3.69. The van der Waals surface area contributed by atoms with E-state index < -0.39 is 0 Å². The summed E-state index contributed by atoms with van der Waals surface area (Å²) in [5.74, 6) is 0.291. The molecule has 0 unspecified atom stereocenters. The third kappa shape index (κ3) is 2.80. The summed E-state index contributed by atoms with van der Waals surface area (Å²) in [7, 11) is 0. The summed E-state index contributed by atoms with van der Waals surface area (Å²) in [6, 6.07) is 11.4. The van der Waals surface area contributed by atoms with Crippen LogP contribution in [-0.4, -0.2) is 5.16 Å². The predicted octanol–water partition coefficient (Wildman–Crippen LogP) is 5.15. The van der Waals surface area contributed by atoms with Crippen LogP contribution in [0.5, 0.6) is 0 Å². The minimum atomic E-state index is -0.355. The molecule has 0 aliphatic heterocycles. The number of nitrogen functional groups attached to an aromatic ring is 1. The van der Waals surface area contributed by atoms with Crippen LogP contribution in [0.1, 0.15) is 0 Å². The van der Waals surface area contributed by atoms with Gasteiger partial charge in [-0.2, -0.15) is 0 Å². The second-order valence-electron chi connectivity index (χ2n) is 4.44. The molecule has 0 saturated carbocycles. The lowest BCUT2D eigenvalue weighted by molar-refractivity contribution is 0.436. The van der Waals surface area contributed by atoms with Crippen molar-refractivity contribution in [2.24, 2.45) is 0 Å². The fourth-order valence-electron chi connectivity index (χ4n) is 2.11. The molecular weight excluding hydrogens is 359 g/mol. The fourth-order valence-corrected chi connectivity index (χ4v) is 2.97. The van der Waals surface area contributed by atoms with Crippen LogP contribution in [0.4, 0.5) is 10.2 Å². The van der Waals surface area contributed by atoms with Crippen LogP contribution in [0.15, 0.2) is 51.5 Å². The summed E-state index contributed by atoms with van der Waals surface area (Å²) in [5.41, 5.74) is 7.71. The summed E-state index contributed by atoms with van der Waals surface area (Å²) < 4.78 is 19.5. The first kappa shape index (κ1) is 14.1. The highest BCUT2D eigenvalue weighted by Crippen LogP contribution is 2.38. The Balaban J connectivity index is 2.21. The van der Waals surface area contributed by atoms with Gasteiger partial charge in [0.2, 0.25) is 0 Å². The fraction of sp³-hybridized carbons (Fsp3) is 0. The van der Waals surface area contributed by atoms with Gasteiger partial charge in [0, 0.05) is 15.1 Å². The Morgan fingerprint density at radius 2 is 1.95 bits per heavy atom. The molecule has 3 aromatic rings. The van der Waals surface area contributed by atoms with Gasteiger partial charge in [0.15, 0.2) is 11.6 Å². The highest BCUT2D eigenvalue weighted by atomic mass is 79.9. The molecule has 0 amide bonds. The number of hydrogen-bond donors (Lipinski definition) is 1. The molecule has 0 aliphatic carbocycles. The lowest BCUT2D eigenvalue weighted by Gasteiger charge is -2.04. The maximum absolute atomic E-state index is 13.4. The molecular formula is C15H9BrClFN2O. The van der Waals surface area contributed by atoms with Gasteiger partial charge >= 0.3 is 0 Å². The Hall–Kier alpha value is -1.85. The molecule has 1 aromatic heterocycles. The first-order valence-corrected chi connectivity index (χ1v) is 7.19. The Bertz CT molecular complexity index is 799. The molecule has 0 spiro atoms. The van der Waals surface area contributed by atoms with E-state index in [1.807, 2.05) is 6.07 Å². The summed E-state index contributed by atoms with van der Waals surface area (Å²) in [6.07, 6.45) is 0. The largest absolute Gasteiger partial charge is 0.380 e. The lowest BCUT2D eigenvalue weighted by Crippen LogP contribution is -1.89. The zero-order valence-corrected chi connectivity index (χ0v) is 13.0. The zero-order valence-electron chi connectivity index (χ0n) is 10.6. The van der Waals surface area contributed by atoms with Crippen molar-refractivity contribution in [2.75, 3.05) is 5.73 Å². The molecule has 1 heterocycles. The van der Waals surface area contributed by atoms with Crippen LogP contribution >= 0.6 is 27.5 Å². The van der Waals surface area contributed by atoms with E-state index in [1.54, 1.807) is 24.3 Å². The van der Waals surface area contributed by atoms with Crippen LogP contribution in [0.3, 0.4) is 0 Å². The van der Waals surface area contributed by atoms with E-state index in [-0.39, 0.29) is 11.6 Å². The molecule has 2 N–H and O–H groups in total. The Labute approximate surface area is 133 Å². The third-order valence-corrected chi connectivity index (χ3v) is 3.63. The summed E-state index contributed by atoms with van der Waals surface area (Å²) >= 11 is 9.42. The van der Waals surface area contributed by atoms with Crippen LogP contribution in [0, 0.1) is 5.82 Å². The molecule has 3 rings (SSSR count). The first-order valence-electron chi connectivity index (χ1n) is 6.02. The number of anilines is 1. The molecule has 21 heavy (non-hydrogen) atoms. The van der Waals surface area contributed by atoms with E-state index in [0.29, 0.717) is 27.5 Å². The van der Waals surface area contributed by atoms with Gasteiger partial charge in [0.25, 0.3) is 0 Å². The molecule has 0 bridgehead atoms. The van der Waals surface area contributed by atoms with Crippen molar-refractivity contribution in [3.05, 3.63) is 57.8 Å². The average molecular weight is 368 g/mol. The number of halogens is 3. The van der Waals surface area contributed by atoms with Crippen LogP contribution in [-0.2, 0) is 0 Å². The molecule has 0 fully saturated rings. The molecule has 3 nitrogen and oxygen atoms in total. The van der Waals surface area contributed by atoms with Gasteiger partial charge in [0.05, 0.1) is 5.56 Å². The minimum absolute atomic E-state index is 0.201. The third-order valence-electron chi connectivity index (χ3n) is 2.96. The van der Waals surface area contributed by atoms with Crippen molar-refractivity contribution in [2.45, 2.75) is 0 Å². The van der Waals surface area contributed by atoms with Crippen molar-refractivity contribution in [1.29, 1.82) is 0 Å². The molecule has 106 valence electrons. The number of hydrogen-bond acceptors (Lipinski definition) is 3. The van der Waals surface area contributed by atoms with Crippen molar-refractivity contribution >= 4 is 33.3 Å². The zero-order chi connectivity index (χ0) is 15.0. The van der Waals surface area contributed by atoms with Crippen molar-refractivity contribution < 1.29 is 8.91 Å². The topological polar surface area (TPSA) is 52.0 Å². The number of aromatic nitrogens is 1. The molecule has 0 radical (unpaired) electrons. The van der Waals surface area contributed by atoms with Crippen LogP contribution < -0.4 is 5.73 Å².